The van der Waals surface area contributed by atoms with Crippen LogP contribution in [0.5, 0.6) is 11.5 Å². The van der Waals surface area contributed by atoms with Crippen LogP contribution in [0.4, 0.5) is 11.4 Å². The van der Waals surface area contributed by atoms with E-state index in [1.165, 1.54) is 12.1 Å². The van der Waals surface area contributed by atoms with Crippen LogP contribution in [0.1, 0.15) is 0 Å². The molecule has 0 aliphatic carbocycles. The molecule has 0 saturated carbocycles. The molecular weight excluding hydrogens is 396 g/mol. The Kier molecular flexibility index (Phi) is 5.33. The second-order valence-corrected chi connectivity index (χ2v) is 7.63. The molecule has 8 nitrogen and oxygen atoms in total. The zero-order chi connectivity index (χ0) is 19.4. The summed E-state index contributed by atoms with van der Waals surface area (Å²) in [5.74, 6) is 0.493. The van der Waals surface area contributed by atoms with Crippen molar-refractivity contribution in [3.8, 4) is 11.5 Å². The van der Waals surface area contributed by atoms with Gasteiger partial charge in [-0.1, -0.05) is 18.2 Å². The Morgan fingerprint density at radius 1 is 1.15 bits per heavy atom. The van der Waals surface area contributed by atoms with E-state index < -0.39 is 20.7 Å². The van der Waals surface area contributed by atoms with Crippen LogP contribution in [0.25, 0.3) is 11.0 Å². The van der Waals surface area contributed by atoms with Crippen LogP contribution in [-0.2, 0) is 14.8 Å². The first-order valence-corrected chi connectivity index (χ1v) is 9.71. The molecule has 0 unspecified atom stereocenters. The Balaban J connectivity index is 2.18. The van der Waals surface area contributed by atoms with E-state index in [1.54, 1.807) is 30.3 Å². The standard InChI is InChI=1S/C17H13ClN2O6S/c18-9-27(23,24)20-13-7-15-12(17(22)14(8-25-15)19-10-21)6-16(13)26-11-4-2-1-3-5-11/h1-8,10,20H,9H2,(H,19,21). The molecule has 1 aromatic heterocycles. The van der Waals surface area contributed by atoms with Crippen LogP contribution in [-0.4, -0.2) is 20.0 Å². The second kappa shape index (κ2) is 7.68. The number of amides is 1. The maximum atomic E-state index is 12.5. The molecule has 0 aliphatic rings. The van der Waals surface area contributed by atoms with E-state index in [1.807, 2.05) is 0 Å². The van der Waals surface area contributed by atoms with Gasteiger partial charge in [0.1, 0.15) is 28.5 Å². The average Bonchev–Trinajstić information content (AvgIpc) is 2.66. The normalized spacial score (nSPS) is 11.1. The molecule has 0 spiro atoms. The molecule has 3 aromatic rings. The third kappa shape index (κ3) is 4.21. The number of nitrogens with one attached hydrogen (secondary N) is 2. The van der Waals surface area contributed by atoms with Gasteiger partial charge in [-0.2, -0.15) is 0 Å². The summed E-state index contributed by atoms with van der Waals surface area (Å²) in [6.45, 7) is 0. The van der Waals surface area contributed by atoms with Crippen molar-refractivity contribution in [2.45, 2.75) is 0 Å². The van der Waals surface area contributed by atoms with Gasteiger partial charge < -0.3 is 14.5 Å². The van der Waals surface area contributed by atoms with Gasteiger partial charge in [-0.05, 0) is 18.2 Å². The van der Waals surface area contributed by atoms with E-state index in [0.717, 1.165) is 6.26 Å². The first-order valence-electron chi connectivity index (χ1n) is 7.52. The Morgan fingerprint density at radius 2 is 1.89 bits per heavy atom. The number of alkyl halides is 1. The lowest BCUT2D eigenvalue weighted by Gasteiger charge is -2.14. The highest BCUT2D eigenvalue weighted by Crippen LogP contribution is 2.34. The maximum Gasteiger partial charge on any atom is 0.246 e. The van der Waals surface area contributed by atoms with E-state index in [0.29, 0.717) is 12.2 Å². The van der Waals surface area contributed by atoms with Crippen molar-refractivity contribution in [3.05, 3.63) is 59.0 Å². The van der Waals surface area contributed by atoms with Crippen molar-refractivity contribution in [3.63, 3.8) is 0 Å². The maximum absolute atomic E-state index is 12.5. The average molecular weight is 409 g/mol. The van der Waals surface area contributed by atoms with Crippen LogP contribution in [0, 0.1) is 0 Å². The number of carbonyl (C=O) groups excluding carboxylic acids is 1. The molecule has 0 atom stereocenters. The fraction of sp³-hybridized carbons (Fsp3) is 0.0588. The first kappa shape index (κ1) is 18.7. The van der Waals surface area contributed by atoms with E-state index in [-0.39, 0.29) is 28.1 Å². The zero-order valence-electron chi connectivity index (χ0n) is 13.6. The summed E-state index contributed by atoms with van der Waals surface area (Å²) in [7, 11) is -3.83. The number of benzene rings is 2. The zero-order valence-corrected chi connectivity index (χ0v) is 15.2. The predicted octanol–water partition coefficient (Wildman–Crippen LogP) is 3.09. The van der Waals surface area contributed by atoms with Gasteiger partial charge in [-0.3, -0.25) is 14.3 Å². The van der Waals surface area contributed by atoms with Gasteiger partial charge in [0.2, 0.25) is 21.9 Å². The quantitative estimate of drug-likeness (QED) is 0.458. The lowest BCUT2D eigenvalue weighted by molar-refractivity contribution is -0.105. The first-order chi connectivity index (χ1) is 12.9. The summed E-state index contributed by atoms with van der Waals surface area (Å²) in [5, 5.41) is 1.68. The van der Waals surface area contributed by atoms with Gasteiger partial charge in [-0.25, -0.2) is 8.42 Å². The highest BCUT2D eigenvalue weighted by molar-refractivity contribution is 7.93. The molecule has 10 heteroatoms. The number of halogens is 1. The minimum absolute atomic E-state index is 0.0475. The van der Waals surface area contributed by atoms with Gasteiger partial charge in [-0.15, -0.1) is 11.6 Å². The van der Waals surface area contributed by atoms with E-state index in [2.05, 4.69) is 10.0 Å². The number of hydrogen-bond acceptors (Lipinski definition) is 6. The third-order valence-electron chi connectivity index (χ3n) is 3.47. The molecule has 0 aliphatic heterocycles. The van der Waals surface area contributed by atoms with E-state index in [9.17, 15) is 18.0 Å². The summed E-state index contributed by atoms with van der Waals surface area (Å²) in [6.07, 6.45) is 1.42. The molecule has 0 radical (unpaired) electrons. The van der Waals surface area contributed by atoms with Crippen molar-refractivity contribution in [1.82, 2.24) is 0 Å². The molecule has 3 rings (SSSR count). The lowest BCUT2D eigenvalue weighted by Crippen LogP contribution is -2.15. The van der Waals surface area contributed by atoms with Gasteiger partial charge in [0.05, 0.1) is 11.1 Å². The van der Waals surface area contributed by atoms with Gasteiger partial charge in [0.25, 0.3) is 0 Å². The highest BCUT2D eigenvalue weighted by Gasteiger charge is 2.17. The van der Waals surface area contributed by atoms with Crippen molar-refractivity contribution < 1.29 is 22.4 Å². The molecule has 0 fully saturated rings. The van der Waals surface area contributed by atoms with Crippen molar-refractivity contribution in [2.75, 3.05) is 15.3 Å². The predicted molar refractivity (Wildman–Crippen MR) is 102 cm³/mol. The Labute approximate surface area is 158 Å². The Morgan fingerprint density at radius 3 is 2.56 bits per heavy atom. The van der Waals surface area contributed by atoms with Gasteiger partial charge in [0, 0.05) is 6.07 Å². The number of para-hydroxylation sites is 1. The number of anilines is 2. The smallest absolute Gasteiger partial charge is 0.246 e. The molecule has 2 N–H and O–H groups in total. The molecule has 0 saturated heterocycles. The number of ether oxygens (including phenoxy) is 1. The number of fused-ring (bicyclic) bond motifs is 1. The topological polar surface area (TPSA) is 115 Å². The Hall–Kier alpha value is -3.04. The van der Waals surface area contributed by atoms with Gasteiger partial charge >= 0.3 is 0 Å². The third-order valence-corrected chi connectivity index (χ3v) is 5.15. The SMILES string of the molecule is O=CNc1coc2cc(NS(=O)(=O)CCl)c(Oc3ccccc3)cc2c1=O. The number of rotatable bonds is 7. The molecular formula is C17H13ClN2O6S. The van der Waals surface area contributed by atoms with Crippen LogP contribution in [0.2, 0.25) is 0 Å². The van der Waals surface area contributed by atoms with Crippen molar-refractivity contribution in [2.24, 2.45) is 0 Å². The number of carbonyl (C=O) groups is 1. The molecule has 1 heterocycles. The summed E-state index contributed by atoms with van der Waals surface area (Å²) in [4.78, 5) is 23.1. The minimum Gasteiger partial charge on any atom is -0.462 e. The molecule has 2 aromatic carbocycles. The molecule has 1 amide bonds. The summed E-state index contributed by atoms with van der Waals surface area (Å²) >= 11 is 5.45. The fourth-order valence-electron chi connectivity index (χ4n) is 2.29. The molecule has 140 valence electrons. The van der Waals surface area contributed by atoms with Crippen LogP contribution >= 0.6 is 11.6 Å². The van der Waals surface area contributed by atoms with Crippen LogP contribution in [0.3, 0.4) is 0 Å². The van der Waals surface area contributed by atoms with E-state index >= 15 is 0 Å². The molecule has 0 bridgehead atoms. The van der Waals surface area contributed by atoms with E-state index in [4.69, 9.17) is 20.8 Å². The summed E-state index contributed by atoms with van der Waals surface area (Å²) in [5.41, 5.74) is -0.416. The fourth-order valence-corrected chi connectivity index (χ4v) is 3.01. The largest absolute Gasteiger partial charge is 0.462 e. The van der Waals surface area contributed by atoms with Crippen molar-refractivity contribution >= 4 is 50.4 Å². The second-order valence-electron chi connectivity index (χ2n) is 5.33. The van der Waals surface area contributed by atoms with Gasteiger partial charge in [0.15, 0.2) is 5.75 Å². The number of sulfonamides is 1. The lowest BCUT2D eigenvalue weighted by atomic mass is 10.2. The monoisotopic (exact) mass is 408 g/mol. The van der Waals surface area contributed by atoms with Crippen molar-refractivity contribution in [1.29, 1.82) is 0 Å². The van der Waals surface area contributed by atoms with Crippen LogP contribution < -0.4 is 20.2 Å². The minimum atomic E-state index is -3.83. The van der Waals surface area contributed by atoms with Crippen LogP contribution in [0.15, 0.2) is 57.9 Å². The summed E-state index contributed by atoms with van der Waals surface area (Å²) < 4.78 is 37.1. The molecule has 27 heavy (non-hydrogen) atoms. The number of hydrogen-bond donors (Lipinski definition) is 2. The summed E-state index contributed by atoms with van der Waals surface area (Å²) in [6, 6.07) is 11.2. The Bertz CT molecular complexity index is 1150. The highest BCUT2D eigenvalue weighted by atomic mass is 35.5.